The standard InChI is InChI=1S/C22H27N3O3/c1-16-5-6-19(14-17(16)2)24-22(27)23-15-18-9-11-25(12-10-18)21(26)8-7-20-4-3-13-28-20/h3-8,13-14,18H,9-12,15H2,1-2H3,(H2,23,24,27)/b8-7+. The SMILES string of the molecule is Cc1ccc(NC(=O)NCC2CCN(C(=O)/C=C/c3ccco3)CC2)cc1C. The van der Waals surface area contributed by atoms with Crippen LogP contribution in [0.25, 0.3) is 6.08 Å². The Balaban J connectivity index is 1.38. The molecule has 1 aromatic carbocycles. The number of carbonyl (C=O) groups excluding carboxylic acids is 2. The lowest BCUT2D eigenvalue weighted by Gasteiger charge is -2.31. The number of aryl methyl sites for hydroxylation is 2. The number of hydrogen-bond acceptors (Lipinski definition) is 3. The molecule has 0 unspecified atom stereocenters. The van der Waals surface area contributed by atoms with Crippen molar-refractivity contribution in [2.45, 2.75) is 26.7 Å². The fourth-order valence-corrected chi connectivity index (χ4v) is 3.23. The second-order valence-corrected chi connectivity index (χ2v) is 7.25. The van der Waals surface area contributed by atoms with Gasteiger partial charge in [-0.05, 0) is 74.1 Å². The van der Waals surface area contributed by atoms with E-state index in [2.05, 4.69) is 10.6 Å². The van der Waals surface area contributed by atoms with Crippen molar-refractivity contribution < 1.29 is 14.0 Å². The molecule has 0 radical (unpaired) electrons. The number of likely N-dealkylation sites (tertiary alicyclic amines) is 1. The number of urea groups is 1. The molecule has 1 aliphatic rings. The Labute approximate surface area is 165 Å². The quantitative estimate of drug-likeness (QED) is 0.770. The average molecular weight is 381 g/mol. The molecule has 6 heteroatoms. The lowest BCUT2D eigenvalue weighted by molar-refractivity contribution is -0.127. The van der Waals surface area contributed by atoms with Crippen molar-refractivity contribution in [3.63, 3.8) is 0 Å². The molecule has 2 heterocycles. The van der Waals surface area contributed by atoms with Gasteiger partial charge in [0.25, 0.3) is 0 Å². The first-order valence-corrected chi connectivity index (χ1v) is 9.64. The van der Waals surface area contributed by atoms with Crippen LogP contribution in [0.3, 0.4) is 0 Å². The van der Waals surface area contributed by atoms with Crippen molar-refractivity contribution in [3.8, 4) is 0 Å². The van der Waals surface area contributed by atoms with Gasteiger partial charge in [-0.25, -0.2) is 4.79 Å². The van der Waals surface area contributed by atoms with E-state index in [-0.39, 0.29) is 11.9 Å². The molecule has 1 saturated heterocycles. The molecule has 1 aromatic heterocycles. The molecule has 0 bridgehead atoms. The van der Waals surface area contributed by atoms with Crippen LogP contribution in [-0.2, 0) is 4.79 Å². The van der Waals surface area contributed by atoms with Gasteiger partial charge in [0.05, 0.1) is 6.26 Å². The third kappa shape index (κ3) is 5.49. The van der Waals surface area contributed by atoms with Gasteiger partial charge in [0.15, 0.2) is 0 Å². The number of nitrogens with one attached hydrogen (secondary N) is 2. The van der Waals surface area contributed by atoms with Gasteiger partial charge in [-0.3, -0.25) is 4.79 Å². The van der Waals surface area contributed by atoms with E-state index in [1.165, 1.54) is 5.56 Å². The van der Waals surface area contributed by atoms with E-state index in [1.807, 2.05) is 43.0 Å². The predicted octanol–water partition coefficient (Wildman–Crippen LogP) is 3.97. The largest absolute Gasteiger partial charge is 0.465 e. The van der Waals surface area contributed by atoms with Crippen molar-refractivity contribution >= 4 is 23.7 Å². The van der Waals surface area contributed by atoms with Crippen molar-refractivity contribution in [1.82, 2.24) is 10.2 Å². The molecule has 28 heavy (non-hydrogen) atoms. The van der Waals surface area contributed by atoms with Crippen molar-refractivity contribution in [3.05, 3.63) is 59.6 Å². The maximum atomic E-state index is 12.2. The summed E-state index contributed by atoms with van der Waals surface area (Å²) in [5.74, 6) is 1.04. The van der Waals surface area contributed by atoms with Crippen molar-refractivity contribution in [1.29, 1.82) is 0 Å². The zero-order valence-electron chi connectivity index (χ0n) is 16.4. The van der Waals surface area contributed by atoms with E-state index in [9.17, 15) is 9.59 Å². The molecular weight excluding hydrogens is 354 g/mol. The molecule has 3 rings (SSSR count). The summed E-state index contributed by atoms with van der Waals surface area (Å²) in [4.78, 5) is 26.2. The molecule has 2 N–H and O–H groups in total. The summed E-state index contributed by atoms with van der Waals surface area (Å²) in [5.41, 5.74) is 3.14. The minimum absolute atomic E-state index is 0.00436. The molecule has 3 amide bonds. The molecule has 1 aliphatic heterocycles. The topological polar surface area (TPSA) is 74.6 Å². The van der Waals surface area contributed by atoms with Gasteiger partial charge < -0.3 is 20.0 Å². The first-order chi connectivity index (χ1) is 13.5. The van der Waals surface area contributed by atoms with Crippen LogP contribution >= 0.6 is 0 Å². The molecule has 0 aliphatic carbocycles. The fraction of sp³-hybridized carbons (Fsp3) is 0.364. The van der Waals surface area contributed by atoms with Crippen molar-refractivity contribution in [2.75, 3.05) is 25.0 Å². The lowest BCUT2D eigenvalue weighted by Crippen LogP contribution is -2.41. The molecule has 0 atom stereocenters. The molecule has 2 aromatic rings. The van der Waals surface area contributed by atoms with Gasteiger partial charge in [0, 0.05) is 31.4 Å². The van der Waals surface area contributed by atoms with Crippen LogP contribution in [0.4, 0.5) is 10.5 Å². The van der Waals surface area contributed by atoms with Gasteiger partial charge in [0.1, 0.15) is 5.76 Å². The summed E-state index contributed by atoms with van der Waals surface area (Å²) in [6, 6.07) is 9.28. The number of furan rings is 1. The molecule has 1 fully saturated rings. The monoisotopic (exact) mass is 381 g/mol. The second kappa shape index (κ2) is 9.26. The van der Waals surface area contributed by atoms with Gasteiger partial charge in [0.2, 0.25) is 5.91 Å². The van der Waals surface area contributed by atoms with Gasteiger partial charge in [-0.15, -0.1) is 0 Å². The van der Waals surface area contributed by atoms with E-state index in [0.717, 1.165) is 24.1 Å². The number of nitrogens with zero attached hydrogens (tertiary/aromatic N) is 1. The van der Waals surface area contributed by atoms with Gasteiger partial charge in [-0.2, -0.15) is 0 Å². The van der Waals surface area contributed by atoms with E-state index >= 15 is 0 Å². The van der Waals surface area contributed by atoms with Crippen LogP contribution in [-0.4, -0.2) is 36.5 Å². The summed E-state index contributed by atoms with van der Waals surface area (Å²) in [5, 5.41) is 5.82. The zero-order valence-corrected chi connectivity index (χ0v) is 16.4. The van der Waals surface area contributed by atoms with Gasteiger partial charge in [-0.1, -0.05) is 6.07 Å². The first-order valence-electron chi connectivity index (χ1n) is 9.64. The van der Waals surface area contributed by atoms with E-state index in [1.54, 1.807) is 24.5 Å². The van der Waals surface area contributed by atoms with Crippen molar-refractivity contribution in [2.24, 2.45) is 5.92 Å². The van der Waals surface area contributed by atoms with Crippen LogP contribution in [0.15, 0.2) is 47.1 Å². The highest BCUT2D eigenvalue weighted by molar-refractivity contribution is 5.91. The Kier molecular flexibility index (Phi) is 6.53. The summed E-state index contributed by atoms with van der Waals surface area (Å²) in [7, 11) is 0. The summed E-state index contributed by atoms with van der Waals surface area (Å²) in [6.07, 6.45) is 6.58. The van der Waals surface area contributed by atoms with Crippen LogP contribution in [0, 0.1) is 19.8 Å². The Hall–Kier alpha value is -3.02. The molecule has 0 saturated carbocycles. The number of piperidine rings is 1. The summed E-state index contributed by atoms with van der Waals surface area (Å²) >= 11 is 0. The summed E-state index contributed by atoms with van der Waals surface area (Å²) < 4.78 is 5.19. The van der Waals surface area contributed by atoms with Crippen LogP contribution in [0.5, 0.6) is 0 Å². The predicted molar refractivity (Wildman–Crippen MR) is 110 cm³/mol. The number of anilines is 1. The van der Waals surface area contributed by atoms with Crippen LogP contribution in [0.1, 0.15) is 29.7 Å². The van der Waals surface area contributed by atoms with E-state index < -0.39 is 0 Å². The van der Waals surface area contributed by atoms with E-state index in [0.29, 0.717) is 31.3 Å². The molecule has 148 valence electrons. The lowest BCUT2D eigenvalue weighted by atomic mass is 9.97. The normalized spacial score (nSPS) is 15.0. The first kappa shape index (κ1) is 19.7. The number of benzene rings is 1. The Morgan fingerprint density at radius 1 is 1.18 bits per heavy atom. The minimum Gasteiger partial charge on any atom is -0.465 e. The third-order valence-electron chi connectivity index (χ3n) is 5.18. The van der Waals surface area contributed by atoms with Crippen LogP contribution in [0.2, 0.25) is 0 Å². The Bertz CT molecular complexity index is 835. The number of rotatable bonds is 5. The number of carbonyl (C=O) groups is 2. The molecule has 0 spiro atoms. The van der Waals surface area contributed by atoms with E-state index in [4.69, 9.17) is 4.42 Å². The number of amides is 3. The minimum atomic E-state index is -0.192. The van der Waals surface area contributed by atoms with Crippen LogP contribution < -0.4 is 10.6 Å². The highest BCUT2D eigenvalue weighted by Gasteiger charge is 2.22. The highest BCUT2D eigenvalue weighted by atomic mass is 16.3. The second-order valence-electron chi connectivity index (χ2n) is 7.25. The maximum absolute atomic E-state index is 12.2. The Morgan fingerprint density at radius 3 is 2.64 bits per heavy atom. The average Bonchev–Trinajstić information content (AvgIpc) is 3.21. The maximum Gasteiger partial charge on any atom is 0.319 e. The molecule has 6 nitrogen and oxygen atoms in total. The summed E-state index contributed by atoms with van der Waals surface area (Å²) in [6.45, 7) is 6.08. The fourth-order valence-electron chi connectivity index (χ4n) is 3.23. The Morgan fingerprint density at radius 2 is 1.96 bits per heavy atom. The zero-order chi connectivity index (χ0) is 19.9. The third-order valence-corrected chi connectivity index (χ3v) is 5.18. The highest BCUT2D eigenvalue weighted by Crippen LogP contribution is 2.18. The number of hydrogen-bond donors (Lipinski definition) is 2. The van der Waals surface area contributed by atoms with Gasteiger partial charge >= 0.3 is 6.03 Å². The smallest absolute Gasteiger partial charge is 0.319 e. The molecular formula is C22H27N3O3.